The predicted molar refractivity (Wildman–Crippen MR) is 174 cm³/mol. The van der Waals surface area contributed by atoms with Crippen molar-refractivity contribution in [3.05, 3.63) is 0 Å². The Balaban J connectivity index is 1.30. The van der Waals surface area contributed by atoms with Gasteiger partial charge >= 0.3 is 29.8 Å². The summed E-state index contributed by atoms with van der Waals surface area (Å²) in [4.78, 5) is 60.3. The van der Waals surface area contributed by atoms with E-state index in [1.165, 1.54) is 0 Å². The lowest BCUT2D eigenvalue weighted by Gasteiger charge is -2.48. The normalized spacial score (nSPS) is 48.8. The van der Waals surface area contributed by atoms with Gasteiger partial charge in [0.1, 0.15) is 91.6 Å². The summed E-state index contributed by atoms with van der Waals surface area (Å²) in [6.07, 6.45) is -58.1. The number of methoxy groups -OCH3 is 1. The number of aliphatic carboxylic acids is 5. The van der Waals surface area contributed by atoms with Crippen molar-refractivity contribution >= 4 is 29.8 Å². The highest BCUT2D eigenvalue weighted by Crippen LogP contribution is 2.36. The van der Waals surface area contributed by atoms with Crippen LogP contribution in [0.15, 0.2) is 0 Å². The molecule has 5 aliphatic heterocycles. The SMILES string of the molecule is COC1C(C(=O)O)OC(OC2C(C(=O)O)OC(OC3C(C(=O)O)OC(OC4C(C(=O)O)OC(OC5C(C(=O)O)OC(O)C(O)C5O)C(O)C4O)C(O)C3O)C(O)C2O)C(O)C1O. The molecule has 31 nitrogen and oxygen atoms in total. The molecule has 25 unspecified atom stereocenters. The molecule has 0 amide bonds. The molecule has 5 saturated heterocycles. The Labute approximate surface area is 343 Å². The molecule has 0 aromatic heterocycles. The Morgan fingerprint density at radius 1 is 0.323 bits per heavy atom. The lowest BCUT2D eigenvalue weighted by Crippen LogP contribution is -2.69. The van der Waals surface area contributed by atoms with Gasteiger partial charge in [0.25, 0.3) is 0 Å². The minimum Gasteiger partial charge on any atom is -0.479 e. The van der Waals surface area contributed by atoms with E-state index in [-0.39, 0.29) is 0 Å². The van der Waals surface area contributed by atoms with Gasteiger partial charge in [-0.25, -0.2) is 24.0 Å². The lowest BCUT2D eigenvalue weighted by atomic mass is 9.95. The molecule has 0 aromatic rings. The van der Waals surface area contributed by atoms with Crippen LogP contribution in [0.3, 0.4) is 0 Å². The first-order valence-electron chi connectivity index (χ1n) is 18.0. The first kappa shape index (κ1) is 49.5. The lowest BCUT2D eigenvalue weighted by molar-refractivity contribution is -0.383. The van der Waals surface area contributed by atoms with Crippen LogP contribution in [0.2, 0.25) is 0 Å². The van der Waals surface area contributed by atoms with E-state index in [0.717, 1.165) is 7.11 Å². The van der Waals surface area contributed by atoms with Crippen molar-refractivity contribution in [3.8, 4) is 0 Å². The molecule has 5 rings (SSSR count). The summed E-state index contributed by atoms with van der Waals surface area (Å²) >= 11 is 0. The number of aliphatic hydroxyl groups excluding tert-OH is 11. The standard InChI is InChI=1S/C31H44O31/c1-53-12-3(33)8(38)28(59-17(12)22(42)43)56-14-5(35)10(40)30(61-19(14)24(46)47)58-16-6(36)11(41)31(62-21(16)26(50)51)57-15-4(34)9(39)29(60-20(15)25(48)49)55-13-2(32)7(37)27(52)54-18(13)23(44)45/h2-21,27-41,52H,1H3,(H,42,43)(H,44,45)(H,46,47)(H,48,49)(H,50,51). The largest absolute Gasteiger partial charge is 0.479 e. The maximum atomic E-state index is 12.4. The van der Waals surface area contributed by atoms with Gasteiger partial charge in [-0.15, -0.1) is 0 Å². The van der Waals surface area contributed by atoms with E-state index < -0.39 is 183 Å². The van der Waals surface area contributed by atoms with Crippen molar-refractivity contribution in [2.45, 2.75) is 154 Å². The summed E-state index contributed by atoms with van der Waals surface area (Å²) < 4.78 is 51.2. The van der Waals surface area contributed by atoms with Crippen LogP contribution >= 0.6 is 0 Å². The molecule has 16 N–H and O–H groups in total. The number of hydrogen-bond acceptors (Lipinski definition) is 26. The molecule has 5 heterocycles. The Hall–Kier alpha value is -3.49. The minimum absolute atomic E-state index is 0.972. The summed E-state index contributed by atoms with van der Waals surface area (Å²) in [6.45, 7) is 0. The van der Waals surface area contributed by atoms with Gasteiger partial charge < -0.3 is 129 Å². The number of ether oxygens (including phenoxy) is 10. The van der Waals surface area contributed by atoms with Crippen LogP contribution in [0.25, 0.3) is 0 Å². The quantitative estimate of drug-likeness (QED) is 0.0769. The van der Waals surface area contributed by atoms with Crippen molar-refractivity contribution in [2.75, 3.05) is 7.11 Å². The van der Waals surface area contributed by atoms with Crippen LogP contribution in [0, 0.1) is 0 Å². The van der Waals surface area contributed by atoms with Gasteiger partial charge in [-0.3, -0.25) is 0 Å². The zero-order valence-corrected chi connectivity index (χ0v) is 31.2. The van der Waals surface area contributed by atoms with Gasteiger partial charge in [-0.1, -0.05) is 0 Å². The molecule has 5 aliphatic rings. The van der Waals surface area contributed by atoms with Crippen LogP contribution in [-0.4, -0.2) is 272 Å². The van der Waals surface area contributed by atoms with E-state index in [0.29, 0.717) is 0 Å². The summed E-state index contributed by atoms with van der Waals surface area (Å²) in [6, 6.07) is 0. The Kier molecular flexibility index (Phi) is 15.7. The first-order chi connectivity index (χ1) is 28.9. The molecular weight excluding hydrogens is 868 g/mol. The second-order valence-electron chi connectivity index (χ2n) is 14.3. The van der Waals surface area contributed by atoms with Crippen molar-refractivity contribution in [3.63, 3.8) is 0 Å². The van der Waals surface area contributed by atoms with E-state index in [9.17, 15) is 106 Å². The predicted octanol–water partition coefficient (Wildman–Crippen LogP) is -10.8. The number of aliphatic hydroxyl groups is 11. The average molecular weight is 913 g/mol. The molecule has 5 fully saturated rings. The first-order valence-corrected chi connectivity index (χ1v) is 18.0. The highest BCUT2D eigenvalue weighted by atomic mass is 16.8. The molecule has 0 aromatic carbocycles. The van der Waals surface area contributed by atoms with Gasteiger partial charge in [0.2, 0.25) is 0 Å². The fourth-order valence-electron chi connectivity index (χ4n) is 7.13. The minimum atomic E-state index is -2.55. The van der Waals surface area contributed by atoms with Crippen LogP contribution in [-0.2, 0) is 71.3 Å². The zero-order chi connectivity index (χ0) is 46.4. The van der Waals surface area contributed by atoms with E-state index in [2.05, 4.69) is 4.74 Å². The highest BCUT2D eigenvalue weighted by molar-refractivity contribution is 5.75. The Morgan fingerprint density at radius 2 is 0.532 bits per heavy atom. The fraction of sp³-hybridized carbons (Fsp3) is 0.839. The molecule has 0 saturated carbocycles. The molecule has 0 bridgehead atoms. The van der Waals surface area contributed by atoms with Gasteiger partial charge in [-0.2, -0.15) is 0 Å². The van der Waals surface area contributed by atoms with Crippen LogP contribution in [0.1, 0.15) is 0 Å². The maximum Gasteiger partial charge on any atom is 0.335 e. The summed E-state index contributed by atoms with van der Waals surface area (Å²) in [7, 11) is 0.972. The van der Waals surface area contributed by atoms with Gasteiger partial charge in [-0.05, 0) is 0 Å². The molecule has 354 valence electrons. The van der Waals surface area contributed by atoms with Crippen molar-refractivity contribution < 1.29 is 153 Å². The third kappa shape index (κ3) is 9.62. The van der Waals surface area contributed by atoms with Crippen LogP contribution in [0.4, 0.5) is 0 Å². The molecule has 0 aliphatic carbocycles. The highest BCUT2D eigenvalue weighted by Gasteiger charge is 2.59. The fourth-order valence-corrected chi connectivity index (χ4v) is 7.13. The van der Waals surface area contributed by atoms with E-state index in [1.807, 2.05) is 0 Å². The molecule has 0 spiro atoms. The zero-order valence-electron chi connectivity index (χ0n) is 31.2. The number of carbonyl (C=O) groups is 5. The van der Waals surface area contributed by atoms with Gasteiger partial charge in [0, 0.05) is 7.11 Å². The third-order valence-electron chi connectivity index (χ3n) is 10.4. The Bertz CT molecular complexity index is 1620. The molecule has 0 radical (unpaired) electrons. The van der Waals surface area contributed by atoms with Gasteiger partial charge in [0.05, 0.1) is 0 Å². The maximum absolute atomic E-state index is 12.4. The Morgan fingerprint density at radius 3 is 0.774 bits per heavy atom. The molecule has 62 heavy (non-hydrogen) atoms. The molecular formula is C31H44O31. The number of carboxylic acids is 5. The number of carboxylic acid groups (broad SMARTS) is 5. The summed E-state index contributed by atoms with van der Waals surface area (Å²) in [5, 5.41) is 165. The summed E-state index contributed by atoms with van der Waals surface area (Å²) in [5.41, 5.74) is 0. The monoisotopic (exact) mass is 912 g/mol. The van der Waals surface area contributed by atoms with Crippen LogP contribution < -0.4 is 0 Å². The molecule has 25 atom stereocenters. The topological polar surface area (TPSA) is 501 Å². The van der Waals surface area contributed by atoms with E-state index in [1.54, 1.807) is 0 Å². The van der Waals surface area contributed by atoms with Gasteiger partial charge in [0.15, 0.2) is 62.0 Å². The number of rotatable bonds is 14. The average Bonchev–Trinajstić information content (AvgIpc) is 3.20. The third-order valence-corrected chi connectivity index (χ3v) is 10.4. The van der Waals surface area contributed by atoms with Crippen molar-refractivity contribution in [2.24, 2.45) is 0 Å². The van der Waals surface area contributed by atoms with Crippen molar-refractivity contribution in [1.29, 1.82) is 0 Å². The number of hydrogen-bond donors (Lipinski definition) is 16. The second kappa shape index (κ2) is 19.7. The molecule has 31 heteroatoms. The van der Waals surface area contributed by atoms with Crippen LogP contribution in [0.5, 0.6) is 0 Å². The van der Waals surface area contributed by atoms with E-state index >= 15 is 0 Å². The van der Waals surface area contributed by atoms with Crippen molar-refractivity contribution in [1.82, 2.24) is 0 Å². The van der Waals surface area contributed by atoms with E-state index in [4.69, 9.17) is 42.6 Å². The second-order valence-corrected chi connectivity index (χ2v) is 14.3. The smallest absolute Gasteiger partial charge is 0.335 e. The summed E-state index contributed by atoms with van der Waals surface area (Å²) in [5.74, 6) is -9.69.